The molecule has 0 aromatic heterocycles. The van der Waals surface area contributed by atoms with Crippen LogP contribution in [0.5, 0.6) is 0 Å². The van der Waals surface area contributed by atoms with Crippen LogP contribution in [-0.4, -0.2) is 40.5 Å². The Morgan fingerprint density at radius 2 is 2.00 bits per heavy atom. The molecule has 2 N–H and O–H groups in total. The summed E-state index contributed by atoms with van der Waals surface area (Å²) in [5.41, 5.74) is -1.22. The first kappa shape index (κ1) is 15.5. The first-order valence-corrected chi connectivity index (χ1v) is 6.10. The highest BCUT2D eigenvalue weighted by Crippen LogP contribution is 2.24. The maximum Gasteiger partial charge on any atom is 0.408 e. The Balaban J connectivity index is 2.68. The van der Waals surface area contributed by atoms with Gasteiger partial charge in [0.2, 0.25) is 0 Å². The quantitative estimate of drug-likeness (QED) is 0.763. The van der Waals surface area contributed by atoms with Gasteiger partial charge in [0.15, 0.2) is 6.04 Å². The fourth-order valence-corrected chi connectivity index (χ4v) is 1.65. The molecule has 1 heterocycles. The topological polar surface area (TPSA) is 84.9 Å². The maximum absolute atomic E-state index is 11.6. The molecule has 0 radical (unpaired) electrons. The minimum Gasteiger partial charge on any atom is -0.480 e. The fourth-order valence-electron chi connectivity index (χ4n) is 1.65. The van der Waals surface area contributed by atoms with E-state index in [0.717, 1.165) is 0 Å². The molecule has 0 saturated heterocycles. The van der Waals surface area contributed by atoms with Gasteiger partial charge in [0.05, 0.1) is 5.60 Å². The zero-order valence-electron chi connectivity index (χ0n) is 11.9. The van der Waals surface area contributed by atoms with Crippen LogP contribution in [0.3, 0.4) is 0 Å². The van der Waals surface area contributed by atoms with E-state index in [4.69, 9.17) is 14.6 Å². The average molecular weight is 271 g/mol. The molecule has 0 unspecified atom stereocenters. The van der Waals surface area contributed by atoms with Gasteiger partial charge in [0.25, 0.3) is 0 Å². The van der Waals surface area contributed by atoms with Gasteiger partial charge in [-0.15, -0.1) is 0 Å². The molecule has 1 amide bonds. The summed E-state index contributed by atoms with van der Waals surface area (Å²) >= 11 is 0. The van der Waals surface area contributed by atoms with E-state index in [0.29, 0.717) is 0 Å². The Kier molecular flexibility index (Phi) is 4.25. The van der Waals surface area contributed by atoms with Crippen LogP contribution in [-0.2, 0) is 14.3 Å². The highest BCUT2D eigenvalue weighted by Gasteiger charge is 2.37. The summed E-state index contributed by atoms with van der Waals surface area (Å²) in [6.07, 6.45) is 1.92. The van der Waals surface area contributed by atoms with Crippen molar-refractivity contribution in [3.8, 4) is 0 Å². The van der Waals surface area contributed by atoms with Crippen LogP contribution in [0.25, 0.3) is 0 Å². The van der Waals surface area contributed by atoms with E-state index in [-0.39, 0.29) is 0 Å². The number of nitrogens with one attached hydrogen (secondary N) is 1. The zero-order chi connectivity index (χ0) is 14.8. The number of amides is 1. The van der Waals surface area contributed by atoms with Crippen LogP contribution in [0.2, 0.25) is 0 Å². The summed E-state index contributed by atoms with van der Waals surface area (Å²) in [7, 11) is 0. The fraction of sp³-hybridized carbons (Fsp3) is 0.692. The Morgan fingerprint density at radius 1 is 1.42 bits per heavy atom. The van der Waals surface area contributed by atoms with Crippen molar-refractivity contribution in [2.45, 2.75) is 58.0 Å². The van der Waals surface area contributed by atoms with Crippen molar-refractivity contribution >= 4 is 12.1 Å². The third-order valence-electron chi connectivity index (χ3n) is 2.39. The monoisotopic (exact) mass is 271 g/mol. The van der Waals surface area contributed by atoms with Gasteiger partial charge in [-0.2, -0.15) is 0 Å². The number of carboxylic acids is 1. The minimum absolute atomic E-state index is 0.534. The summed E-state index contributed by atoms with van der Waals surface area (Å²) in [5.74, 6) is -1.17. The van der Waals surface area contributed by atoms with Gasteiger partial charge in [0, 0.05) is 0 Å². The summed E-state index contributed by atoms with van der Waals surface area (Å²) in [6, 6.07) is -1.17. The molecule has 1 aliphatic rings. The molecule has 0 aliphatic carbocycles. The molecule has 0 fully saturated rings. The summed E-state index contributed by atoms with van der Waals surface area (Å²) in [4.78, 5) is 22.8. The van der Waals surface area contributed by atoms with Crippen LogP contribution in [0.4, 0.5) is 4.79 Å². The third-order valence-corrected chi connectivity index (χ3v) is 2.39. The van der Waals surface area contributed by atoms with Crippen molar-refractivity contribution in [2.24, 2.45) is 0 Å². The Labute approximate surface area is 112 Å². The van der Waals surface area contributed by atoms with Crippen LogP contribution in [0.1, 0.15) is 34.6 Å². The maximum atomic E-state index is 11.6. The largest absolute Gasteiger partial charge is 0.480 e. The Hall–Kier alpha value is -1.56. The molecule has 0 aromatic rings. The number of hydrogen-bond donors (Lipinski definition) is 2. The predicted molar refractivity (Wildman–Crippen MR) is 68.9 cm³/mol. The van der Waals surface area contributed by atoms with Crippen molar-refractivity contribution in [3.05, 3.63) is 12.2 Å². The van der Waals surface area contributed by atoms with Gasteiger partial charge in [0.1, 0.15) is 11.7 Å². The molecule has 19 heavy (non-hydrogen) atoms. The molecule has 108 valence electrons. The lowest BCUT2D eigenvalue weighted by Crippen LogP contribution is -2.50. The molecule has 0 aromatic carbocycles. The molecular formula is C13H21NO5. The zero-order valence-corrected chi connectivity index (χ0v) is 11.9. The third kappa shape index (κ3) is 4.90. The first-order chi connectivity index (χ1) is 8.50. The normalized spacial score (nSPS) is 22.9. The van der Waals surface area contributed by atoms with Gasteiger partial charge in [-0.05, 0) is 34.6 Å². The molecule has 6 nitrogen and oxygen atoms in total. The lowest BCUT2D eigenvalue weighted by atomic mass is 10.1. The van der Waals surface area contributed by atoms with E-state index in [1.807, 2.05) is 13.8 Å². The second kappa shape index (κ2) is 5.21. The van der Waals surface area contributed by atoms with Crippen molar-refractivity contribution in [1.29, 1.82) is 0 Å². The number of ether oxygens (including phenoxy) is 2. The predicted octanol–water partition coefficient (Wildman–Crippen LogP) is 1.70. The van der Waals surface area contributed by atoms with E-state index < -0.39 is 35.4 Å². The molecular weight excluding hydrogens is 250 g/mol. The van der Waals surface area contributed by atoms with E-state index in [9.17, 15) is 9.59 Å². The van der Waals surface area contributed by atoms with E-state index in [2.05, 4.69) is 5.32 Å². The highest BCUT2D eigenvalue weighted by molar-refractivity contribution is 5.81. The number of carboxylic acid groups (broad SMARTS) is 1. The number of carbonyl (C=O) groups excluding carboxylic acids is 1. The molecule has 0 saturated carbocycles. The van der Waals surface area contributed by atoms with Gasteiger partial charge < -0.3 is 19.9 Å². The molecule has 6 heteroatoms. The van der Waals surface area contributed by atoms with Crippen molar-refractivity contribution < 1.29 is 24.2 Å². The average Bonchev–Trinajstić information content (AvgIpc) is 2.51. The number of hydrogen-bond acceptors (Lipinski definition) is 4. The van der Waals surface area contributed by atoms with Crippen LogP contribution >= 0.6 is 0 Å². The molecule has 0 bridgehead atoms. The lowest BCUT2D eigenvalue weighted by molar-refractivity contribution is -0.144. The smallest absolute Gasteiger partial charge is 0.408 e. The number of rotatable bonds is 3. The van der Waals surface area contributed by atoms with Crippen LogP contribution in [0, 0.1) is 0 Å². The Bertz CT molecular complexity index is 394. The molecule has 1 aliphatic heterocycles. The van der Waals surface area contributed by atoms with E-state index in [1.54, 1.807) is 32.9 Å². The van der Waals surface area contributed by atoms with Crippen molar-refractivity contribution in [1.82, 2.24) is 5.32 Å². The van der Waals surface area contributed by atoms with Crippen LogP contribution < -0.4 is 5.32 Å². The molecule has 0 spiro atoms. The van der Waals surface area contributed by atoms with Gasteiger partial charge in [-0.1, -0.05) is 12.2 Å². The van der Waals surface area contributed by atoms with Crippen molar-refractivity contribution in [2.75, 3.05) is 0 Å². The van der Waals surface area contributed by atoms with Gasteiger partial charge in [-0.25, -0.2) is 9.59 Å². The van der Waals surface area contributed by atoms with E-state index >= 15 is 0 Å². The summed E-state index contributed by atoms with van der Waals surface area (Å²) < 4.78 is 10.6. The van der Waals surface area contributed by atoms with Gasteiger partial charge >= 0.3 is 12.1 Å². The van der Waals surface area contributed by atoms with Crippen molar-refractivity contribution in [3.63, 3.8) is 0 Å². The van der Waals surface area contributed by atoms with Crippen LogP contribution in [0.15, 0.2) is 12.2 Å². The number of aliphatic carboxylic acids is 1. The number of carbonyl (C=O) groups is 2. The highest BCUT2D eigenvalue weighted by atomic mass is 16.6. The summed E-state index contributed by atoms with van der Waals surface area (Å²) in [6.45, 7) is 8.75. The van der Waals surface area contributed by atoms with E-state index in [1.165, 1.54) is 0 Å². The molecule has 1 rings (SSSR count). The molecule has 2 atom stereocenters. The van der Waals surface area contributed by atoms with Gasteiger partial charge in [-0.3, -0.25) is 0 Å². The second-order valence-corrected chi connectivity index (χ2v) is 6.01. The SMILES string of the molecule is CC(C)(C)OC(=O)N[C@@H](C(=O)O)[C@@H]1C=CC(C)(C)O1. The lowest BCUT2D eigenvalue weighted by Gasteiger charge is -2.26. The second-order valence-electron chi connectivity index (χ2n) is 6.01. The number of alkyl carbamates (subject to hydrolysis) is 1. The minimum atomic E-state index is -1.17. The Morgan fingerprint density at radius 3 is 2.37 bits per heavy atom. The standard InChI is InChI=1S/C13H21NO5/c1-12(2,3)19-11(17)14-9(10(15)16)8-6-7-13(4,5)18-8/h6-9H,1-5H3,(H,14,17)(H,15,16)/t8-,9+/m0/s1. The summed E-state index contributed by atoms with van der Waals surface area (Å²) in [5, 5.41) is 11.5. The first-order valence-electron chi connectivity index (χ1n) is 6.10.